The van der Waals surface area contributed by atoms with Crippen LogP contribution >= 0.6 is 27.5 Å². The van der Waals surface area contributed by atoms with Gasteiger partial charge in [0.25, 0.3) is 6.43 Å². The molecule has 3 aromatic heterocycles. The molecular weight excluding hydrogens is 456 g/mol. The topological polar surface area (TPSA) is 72.2 Å². The minimum atomic E-state index is -2.68. The van der Waals surface area contributed by atoms with E-state index in [4.69, 9.17) is 11.6 Å². The fourth-order valence-electron chi connectivity index (χ4n) is 3.71. The second-order valence-electron chi connectivity index (χ2n) is 7.32. The molecule has 1 atom stereocenters. The molecule has 0 aromatic carbocycles. The Morgan fingerprint density at radius 2 is 2.11 bits per heavy atom. The van der Waals surface area contributed by atoms with Gasteiger partial charge in [-0.15, -0.1) is 0 Å². The van der Waals surface area contributed by atoms with Crippen LogP contribution in [0.5, 0.6) is 0 Å². The summed E-state index contributed by atoms with van der Waals surface area (Å²) in [5.41, 5.74) is 1.62. The average Bonchev–Trinajstić information content (AvgIpc) is 3.12. The van der Waals surface area contributed by atoms with Crippen molar-refractivity contribution in [3.63, 3.8) is 0 Å². The number of aromatic nitrogens is 4. The second-order valence-corrected chi connectivity index (χ2v) is 8.56. The lowest BCUT2D eigenvalue weighted by atomic mass is 9.88. The summed E-state index contributed by atoms with van der Waals surface area (Å²) >= 11 is 9.05. The first kappa shape index (κ1) is 19.2. The summed E-state index contributed by atoms with van der Waals surface area (Å²) in [7, 11) is 0. The smallest absolute Gasteiger partial charge is 0.265 e. The summed E-state index contributed by atoms with van der Waals surface area (Å²) < 4.78 is 28.0. The Kier molecular flexibility index (Phi) is 4.62. The van der Waals surface area contributed by atoms with Gasteiger partial charge in [-0.05, 0) is 28.4 Å². The van der Waals surface area contributed by atoms with E-state index in [1.54, 1.807) is 16.8 Å². The molecule has 0 aliphatic heterocycles. The Bertz CT molecular complexity index is 1100. The second kappa shape index (κ2) is 6.73. The van der Waals surface area contributed by atoms with Gasteiger partial charge in [-0.2, -0.15) is 5.10 Å². The molecule has 4 rings (SSSR count). The van der Waals surface area contributed by atoms with Crippen LogP contribution in [0.15, 0.2) is 29.0 Å². The van der Waals surface area contributed by atoms with Crippen LogP contribution in [0.4, 0.5) is 14.6 Å². The number of nitrogens with one attached hydrogen (secondary N) is 1. The lowest BCUT2D eigenvalue weighted by Crippen LogP contribution is -2.22. The van der Waals surface area contributed by atoms with E-state index in [-0.39, 0.29) is 27.2 Å². The molecule has 1 N–H and O–H groups in total. The standard InChI is InChI=1S/C18H15BrClF2N5O/c1-18(2)5-9(10-6-24-14-4-12(20)26-27(14)15(10)18)17(28)25-13-3-8(16(21)22)11(19)7-23-13/h3-4,6-7,9,16H,5H2,1-2H3,(H,23,25,28). The third-order valence-electron chi connectivity index (χ3n) is 4.90. The van der Waals surface area contributed by atoms with Crippen LogP contribution in [-0.2, 0) is 10.2 Å². The number of hydrogen-bond donors (Lipinski definition) is 1. The van der Waals surface area contributed by atoms with Crippen molar-refractivity contribution < 1.29 is 13.6 Å². The lowest BCUT2D eigenvalue weighted by molar-refractivity contribution is -0.117. The first-order valence-corrected chi connectivity index (χ1v) is 9.63. The van der Waals surface area contributed by atoms with Crippen molar-refractivity contribution in [1.82, 2.24) is 19.6 Å². The highest BCUT2D eigenvalue weighted by molar-refractivity contribution is 9.10. The predicted molar refractivity (Wildman–Crippen MR) is 104 cm³/mol. The van der Waals surface area contributed by atoms with Gasteiger partial charge in [0.05, 0.1) is 11.6 Å². The number of carbonyl (C=O) groups excluding carboxylic acids is 1. The molecule has 10 heteroatoms. The third kappa shape index (κ3) is 3.16. The SMILES string of the molecule is CC1(C)CC(C(=O)Nc2cc(C(F)F)c(Br)cn2)c2cnc3cc(Cl)nn3c21. The molecule has 0 bridgehead atoms. The Morgan fingerprint density at radius 3 is 2.82 bits per heavy atom. The van der Waals surface area contributed by atoms with Crippen LogP contribution in [0.2, 0.25) is 5.15 Å². The highest BCUT2D eigenvalue weighted by Crippen LogP contribution is 2.46. The normalized spacial score (nSPS) is 17.9. The maximum Gasteiger partial charge on any atom is 0.265 e. The van der Waals surface area contributed by atoms with Gasteiger partial charge < -0.3 is 5.32 Å². The van der Waals surface area contributed by atoms with Gasteiger partial charge in [-0.25, -0.2) is 23.3 Å². The van der Waals surface area contributed by atoms with Crippen molar-refractivity contribution in [2.75, 3.05) is 5.32 Å². The van der Waals surface area contributed by atoms with E-state index in [1.807, 2.05) is 13.8 Å². The van der Waals surface area contributed by atoms with Crippen molar-refractivity contribution in [2.45, 2.75) is 38.0 Å². The third-order valence-corrected chi connectivity index (χ3v) is 5.75. The molecule has 3 aromatic rings. The highest BCUT2D eigenvalue weighted by atomic mass is 79.9. The summed E-state index contributed by atoms with van der Waals surface area (Å²) in [6.45, 7) is 4.03. The fraction of sp³-hybridized carbons (Fsp3) is 0.333. The van der Waals surface area contributed by atoms with Crippen LogP contribution in [0.3, 0.4) is 0 Å². The number of amides is 1. The van der Waals surface area contributed by atoms with Crippen LogP contribution in [0.25, 0.3) is 5.65 Å². The summed E-state index contributed by atoms with van der Waals surface area (Å²) in [6, 6.07) is 2.82. The van der Waals surface area contributed by atoms with Crippen LogP contribution < -0.4 is 5.32 Å². The summed E-state index contributed by atoms with van der Waals surface area (Å²) in [5, 5.41) is 7.26. The first-order valence-electron chi connectivity index (χ1n) is 8.46. The van der Waals surface area contributed by atoms with Crippen LogP contribution in [-0.4, -0.2) is 25.5 Å². The molecule has 0 radical (unpaired) electrons. The maximum absolute atomic E-state index is 13.1. The number of rotatable bonds is 3. The fourth-order valence-corrected chi connectivity index (χ4v) is 4.27. The molecule has 0 saturated carbocycles. The molecule has 0 spiro atoms. The minimum Gasteiger partial charge on any atom is -0.310 e. The average molecular weight is 471 g/mol. The van der Waals surface area contributed by atoms with Crippen molar-refractivity contribution in [1.29, 1.82) is 0 Å². The van der Waals surface area contributed by atoms with E-state index in [0.29, 0.717) is 17.2 Å². The molecule has 1 aliphatic rings. The number of fused-ring (bicyclic) bond motifs is 3. The number of nitrogens with zero attached hydrogens (tertiary/aromatic N) is 4. The number of hydrogen-bond acceptors (Lipinski definition) is 4. The van der Waals surface area contributed by atoms with Gasteiger partial charge in [-0.3, -0.25) is 4.79 Å². The number of carbonyl (C=O) groups is 1. The molecule has 1 unspecified atom stereocenters. The summed E-state index contributed by atoms with van der Waals surface area (Å²) in [5.74, 6) is -0.766. The van der Waals surface area contributed by atoms with Crippen molar-refractivity contribution >= 4 is 44.9 Å². The van der Waals surface area contributed by atoms with Crippen molar-refractivity contribution in [3.8, 4) is 0 Å². The monoisotopic (exact) mass is 469 g/mol. The molecule has 28 heavy (non-hydrogen) atoms. The molecular formula is C18H15BrClF2N5O. The predicted octanol–water partition coefficient (Wildman–Crippen LogP) is 4.88. The summed E-state index contributed by atoms with van der Waals surface area (Å²) in [4.78, 5) is 21.3. The van der Waals surface area contributed by atoms with E-state index in [0.717, 1.165) is 11.3 Å². The number of pyridine rings is 1. The molecule has 0 fully saturated rings. The van der Waals surface area contributed by atoms with E-state index in [1.165, 1.54) is 12.3 Å². The Balaban J connectivity index is 1.69. The van der Waals surface area contributed by atoms with E-state index in [9.17, 15) is 13.6 Å². The zero-order valence-electron chi connectivity index (χ0n) is 14.9. The van der Waals surface area contributed by atoms with Crippen LogP contribution in [0, 0.1) is 0 Å². The van der Waals surface area contributed by atoms with Gasteiger partial charge in [0.1, 0.15) is 5.82 Å². The Morgan fingerprint density at radius 1 is 1.36 bits per heavy atom. The van der Waals surface area contributed by atoms with E-state index in [2.05, 4.69) is 36.3 Å². The largest absolute Gasteiger partial charge is 0.310 e. The van der Waals surface area contributed by atoms with Gasteiger partial charge >= 0.3 is 0 Å². The summed E-state index contributed by atoms with van der Waals surface area (Å²) in [6.07, 6.45) is 0.744. The molecule has 1 amide bonds. The van der Waals surface area contributed by atoms with Gasteiger partial charge in [0.15, 0.2) is 10.8 Å². The van der Waals surface area contributed by atoms with Gasteiger partial charge in [-0.1, -0.05) is 25.4 Å². The van der Waals surface area contributed by atoms with Crippen molar-refractivity contribution in [2.24, 2.45) is 0 Å². The zero-order chi connectivity index (χ0) is 20.2. The van der Waals surface area contributed by atoms with Crippen molar-refractivity contribution in [3.05, 3.63) is 51.0 Å². The van der Waals surface area contributed by atoms with Crippen LogP contribution in [0.1, 0.15) is 49.4 Å². The first-order chi connectivity index (χ1) is 13.2. The number of alkyl halides is 2. The lowest BCUT2D eigenvalue weighted by Gasteiger charge is -2.19. The number of halogens is 4. The zero-order valence-corrected chi connectivity index (χ0v) is 17.2. The Labute approximate surface area is 172 Å². The van der Waals surface area contributed by atoms with E-state index < -0.39 is 12.3 Å². The highest BCUT2D eigenvalue weighted by Gasteiger charge is 2.43. The Hall–Kier alpha value is -2.13. The maximum atomic E-state index is 13.1. The van der Waals surface area contributed by atoms with E-state index >= 15 is 0 Å². The molecule has 146 valence electrons. The van der Waals surface area contributed by atoms with Gasteiger partial charge in [0.2, 0.25) is 5.91 Å². The minimum absolute atomic E-state index is 0.0749. The molecule has 0 saturated heterocycles. The van der Waals surface area contributed by atoms with Gasteiger partial charge in [0, 0.05) is 39.5 Å². The number of anilines is 1. The molecule has 6 nitrogen and oxygen atoms in total. The molecule has 3 heterocycles. The quantitative estimate of drug-likeness (QED) is 0.592. The molecule has 1 aliphatic carbocycles.